The van der Waals surface area contributed by atoms with Gasteiger partial charge in [-0.2, -0.15) is 0 Å². The highest BCUT2D eigenvalue weighted by atomic mass is 16.5. The highest BCUT2D eigenvalue weighted by Gasteiger charge is 2.15. The topological polar surface area (TPSA) is 67.5 Å². The molecule has 0 aliphatic rings. The van der Waals surface area contributed by atoms with Gasteiger partial charge in [-0.25, -0.2) is 4.98 Å². The molecule has 5 heteroatoms. The van der Waals surface area contributed by atoms with Crippen LogP contribution in [0.25, 0.3) is 11.0 Å². The molecule has 3 rings (SSSR count). The molecule has 0 aliphatic carbocycles. The number of benzene rings is 2. The van der Waals surface area contributed by atoms with E-state index in [1.165, 1.54) is 5.56 Å². The third-order valence-electron chi connectivity index (χ3n) is 4.43. The molecule has 0 spiro atoms. The van der Waals surface area contributed by atoms with Gasteiger partial charge in [0.05, 0.1) is 17.6 Å². The number of hydrogen-bond donors (Lipinski definition) is 2. The minimum atomic E-state index is -0.708. The van der Waals surface area contributed by atoms with Gasteiger partial charge in [-0.1, -0.05) is 45.0 Å². The van der Waals surface area contributed by atoms with E-state index in [-0.39, 0.29) is 18.6 Å². The first-order valence-corrected chi connectivity index (χ1v) is 8.85. The summed E-state index contributed by atoms with van der Waals surface area (Å²) in [5.41, 5.74) is 3.04. The van der Waals surface area contributed by atoms with Gasteiger partial charge in [0.1, 0.15) is 30.9 Å². The van der Waals surface area contributed by atoms with E-state index in [4.69, 9.17) is 4.74 Å². The Kier molecular flexibility index (Phi) is 5.30. The summed E-state index contributed by atoms with van der Waals surface area (Å²) in [5, 5.41) is 19.9. The number of para-hydroxylation sites is 2. The first-order valence-electron chi connectivity index (χ1n) is 8.85. The fourth-order valence-corrected chi connectivity index (χ4v) is 2.96. The molecule has 3 aromatic rings. The van der Waals surface area contributed by atoms with Gasteiger partial charge in [-0.15, -0.1) is 0 Å². The lowest BCUT2D eigenvalue weighted by molar-refractivity contribution is 0.0914. The summed E-state index contributed by atoms with van der Waals surface area (Å²) in [4.78, 5) is 4.40. The van der Waals surface area contributed by atoms with Crippen LogP contribution in [-0.2, 0) is 18.6 Å². The van der Waals surface area contributed by atoms with Crippen molar-refractivity contribution in [2.45, 2.75) is 45.4 Å². The number of ether oxygens (including phenoxy) is 1. The molecule has 0 saturated heterocycles. The van der Waals surface area contributed by atoms with Gasteiger partial charge in [0.2, 0.25) is 0 Å². The van der Waals surface area contributed by atoms with Crippen molar-refractivity contribution < 1.29 is 14.9 Å². The number of aliphatic hydroxyl groups excluding tert-OH is 2. The fourth-order valence-electron chi connectivity index (χ4n) is 2.96. The second kappa shape index (κ2) is 7.48. The quantitative estimate of drug-likeness (QED) is 0.713. The molecule has 2 N–H and O–H groups in total. The van der Waals surface area contributed by atoms with Crippen LogP contribution < -0.4 is 4.74 Å². The Balaban J connectivity index is 1.65. The average molecular weight is 354 g/mol. The van der Waals surface area contributed by atoms with E-state index in [9.17, 15) is 10.2 Å². The predicted molar refractivity (Wildman–Crippen MR) is 102 cm³/mol. The van der Waals surface area contributed by atoms with E-state index in [1.54, 1.807) is 0 Å². The number of aliphatic hydroxyl groups is 2. The Morgan fingerprint density at radius 2 is 1.77 bits per heavy atom. The maximum atomic E-state index is 10.4. The fraction of sp³-hybridized carbons (Fsp3) is 0.381. The molecule has 2 aromatic carbocycles. The third-order valence-corrected chi connectivity index (χ3v) is 4.43. The Morgan fingerprint density at radius 3 is 2.42 bits per heavy atom. The first kappa shape index (κ1) is 18.4. The number of aromatic nitrogens is 2. The molecule has 1 atom stereocenters. The molecule has 0 amide bonds. The van der Waals surface area contributed by atoms with Gasteiger partial charge >= 0.3 is 0 Å². The summed E-state index contributed by atoms with van der Waals surface area (Å²) in [6, 6.07) is 15.6. The van der Waals surface area contributed by atoms with Crippen molar-refractivity contribution >= 4 is 11.0 Å². The zero-order valence-corrected chi connectivity index (χ0v) is 15.5. The summed E-state index contributed by atoms with van der Waals surface area (Å²) in [5.74, 6) is 1.27. The Bertz CT molecular complexity index is 863. The predicted octanol–water partition coefficient (Wildman–Crippen LogP) is 3.27. The molecule has 0 fully saturated rings. The average Bonchev–Trinajstić information content (AvgIpc) is 2.97. The van der Waals surface area contributed by atoms with E-state index in [2.05, 4.69) is 37.9 Å². The zero-order valence-electron chi connectivity index (χ0n) is 15.5. The molecule has 0 bridgehead atoms. The minimum Gasteiger partial charge on any atom is -0.491 e. The van der Waals surface area contributed by atoms with Crippen molar-refractivity contribution in [3.63, 3.8) is 0 Å². The van der Waals surface area contributed by atoms with Crippen molar-refractivity contribution in [2.75, 3.05) is 6.61 Å². The van der Waals surface area contributed by atoms with Crippen LogP contribution in [0.3, 0.4) is 0 Å². The van der Waals surface area contributed by atoms with Crippen LogP contribution in [0.15, 0.2) is 48.5 Å². The maximum Gasteiger partial charge on any atom is 0.135 e. The lowest BCUT2D eigenvalue weighted by Crippen LogP contribution is -2.24. The number of fused-ring (bicyclic) bond motifs is 1. The van der Waals surface area contributed by atoms with Crippen LogP contribution in [0.5, 0.6) is 5.75 Å². The SMILES string of the molecule is CC(C)(C)c1ccc(OC[C@@H](O)Cn2c(CO)nc3ccccc32)cc1. The Labute approximate surface area is 153 Å². The van der Waals surface area contributed by atoms with E-state index in [0.29, 0.717) is 12.4 Å². The molecule has 1 heterocycles. The summed E-state index contributed by atoms with van der Waals surface area (Å²) in [6.45, 7) is 6.82. The van der Waals surface area contributed by atoms with E-state index >= 15 is 0 Å². The normalized spacial score (nSPS) is 13.1. The minimum absolute atomic E-state index is 0.0984. The van der Waals surface area contributed by atoms with Crippen LogP contribution in [0.1, 0.15) is 32.2 Å². The van der Waals surface area contributed by atoms with Gasteiger partial charge in [-0.3, -0.25) is 0 Å². The molecule has 5 nitrogen and oxygen atoms in total. The van der Waals surface area contributed by atoms with Crippen molar-refractivity contribution in [2.24, 2.45) is 0 Å². The maximum absolute atomic E-state index is 10.4. The standard InChI is InChI=1S/C21H26N2O3/c1-21(2,3)15-8-10-17(11-9-15)26-14-16(25)12-23-19-7-5-4-6-18(19)22-20(23)13-24/h4-11,16,24-25H,12-14H2,1-3H3/t16-/m0/s1. The van der Waals surface area contributed by atoms with Crippen LogP contribution in [0, 0.1) is 0 Å². The molecule has 1 aromatic heterocycles. The number of rotatable bonds is 6. The Morgan fingerprint density at radius 1 is 1.08 bits per heavy atom. The second-order valence-electron chi connectivity index (χ2n) is 7.52. The summed E-state index contributed by atoms with van der Waals surface area (Å²) >= 11 is 0. The van der Waals surface area contributed by atoms with Gasteiger partial charge < -0.3 is 19.5 Å². The lowest BCUT2D eigenvalue weighted by atomic mass is 9.87. The highest BCUT2D eigenvalue weighted by Crippen LogP contribution is 2.24. The molecule has 0 saturated carbocycles. The molecule has 0 aliphatic heterocycles. The molecule has 138 valence electrons. The van der Waals surface area contributed by atoms with Gasteiger partial charge in [0, 0.05) is 0 Å². The first-order chi connectivity index (χ1) is 12.4. The summed E-state index contributed by atoms with van der Waals surface area (Å²) < 4.78 is 7.56. The Hall–Kier alpha value is -2.37. The zero-order chi connectivity index (χ0) is 18.7. The smallest absolute Gasteiger partial charge is 0.135 e. The van der Waals surface area contributed by atoms with Gasteiger partial charge in [-0.05, 0) is 35.2 Å². The van der Waals surface area contributed by atoms with E-state index in [0.717, 1.165) is 16.8 Å². The largest absolute Gasteiger partial charge is 0.491 e. The van der Waals surface area contributed by atoms with E-state index in [1.807, 2.05) is 41.0 Å². The van der Waals surface area contributed by atoms with Crippen molar-refractivity contribution in [1.82, 2.24) is 9.55 Å². The second-order valence-corrected chi connectivity index (χ2v) is 7.52. The van der Waals surface area contributed by atoms with Gasteiger partial charge in [0.25, 0.3) is 0 Å². The number of imidazole rings is 1. The highest BCUT2D eigenvalue weighted by molar-refractivity contribution is 5.75. The number of nitrogens with zero attached hydrogens (tertiary/aromatic N) is 2. The summed E-state index contributed by atoms with van der Waals surface area (Å²) in [7, 11) is 0. The number of hydrogen-bond acceptors (Lipinski definition) is 4. The molecule has 0 unspecified atom stereocenters. The third kappa shape index (κ3) is 4.06. The van der Waals surface area contributed by atoms with Crippen LogP contribution in [0.4, 0.5) is 0 Å². The van der Waals surface area contributed by atoms with Crippen LogP contribution >= 0.6 is 0 Å². The molecule has 26 heavy (non-hydrogen) atoms. The van der Waals surface area contributed by atoms with Crippen LogP contribution in [-0.4, -0.2) is 32.5 Å². The van der Waals surface area contributed by atoms with Gasteiger partial charge in [0.15, 0.2) is 0 Å². The summed E-state index contributed by atoms with van der Waals surface area (Å²) in [6.07, 6.45) is -0.708. The van der Waals surface area contributed by atoms with Crippen molar-refractivity contribution in [3.05, 3.63) is 59.9 Å². The van der Waals surface area contributed by atoms with Crippen LogP contribution in [0.2, 0.25) is 0 Å². The molecule has 0 radical (unpaired) electrons. The van der Waals surface area contributed by atoms with Crippen molar-refractivity contribution in [3.8, 4) is 5.75 Å². The van der Waals surface area contributed by atoms with Crippen molar-refractivity contribution in [1.29, 1.82) is 0 Å². The monoisotopic (exact) mass is 354 g/mol. The molecular formula is C21H26N2O3. The lowest BCUT2D eigenvalue weighted by Gasteiger charge is -2.19. The molecular weight excluding hydrogens is 328 g/mol. The van der Waals surface area contributed by atoms with E-state index < -0.39 is 6.10 Å².